The lowest BCUT2D eigenvalue weighted by atomic mass is 10.0. The fraction of sp³-hybridized carbons (Fsp3) is 0.357. The van der Waals surface area contributed by atoms with Crippen LogP contribution in [-0.4, -0.2) is 19.9 Å². The monoisotopic (exact) mass is 215 g/mol. The van der Waals surface area contributed by atoms with E-state index in [1.54, 1.807) is 0 Å². The van der Waals surface area contributed by atoms with Crippen LogP contribution in [0.15, 0.2) is 23.8 Å². The summed E-state index contributed by atoms with van der Waals surface area (Å²) in [7, 11) is 4.06. The highest BCUT2D eigenvalue weighted by Gasteiger charge is 2.25. The predicted molar refractivity (Wildman–Crippen MR) is 67.3 cm³/mol. The van der Waals surface area contributed by atoms with Crippen LogP contribution >= 0.6 is 0 Å². The van der Waals surface area contributed by atoms with Gasteiger partial charge in [-0.05, 0) is 37.1 Å². The van der Waals surface area contributed by atoms with Gasteiger partial charge in [0, 0.05) is 37.3 Å². The van der Waals surface area contributed by atoms with E-state index in [1.165, 1.54) is 5.69 Å². The Kier molecular flexibility index (Phi) is 2.58. The Hall–Kier alpha value is -1.57. The maximum atomic E-state index is 12.0. The molecule has 84 valence electrons. The Morgan fingerprint density at radius 3 is 2.56 bits per heavy atom. The number of carbonyl (C=O) groups is 1. The molecule has 1 aliphatic rings. The lowest BCUT2D eigenvalue weighted by Crippen LogP contribution is -2.11. The minimum absolute atomic E-state index is 0.200. The average Bonchev–Trinajstić information content (AvgIpc) is 2.54. The van der Waals surface area contributed by atoms with Gasteiger partial charge in [0.25, 0.3) is 0 Å². The third-order valence-corrected chi connectivity index (χ3v) is 3.17. The van der Waals surface area contributed by atoms with Crippen LogP contribution in [0.4, 0.5) is 5.69 Å². The second-order valence-corrected chi connectivity index (χ2v) is 4.51. The molecule has 0 bridgehead atoms. The minimum atomic E-state index is 0.200. The molecule has 0 heterocycles. The number of ketones is 1. The van der Waals surface area contributed by atoms with Gasteiger partial charge >= 0.3 is 0 Å². The molecular weight excluding hydrogens is 198 g/mol. The van der Waals surface area contributed by atoms with Gasteiger partial charge in [0.1, 0.15) is 0 Å². The summed E-state index contributed by atoms with van der Waals surface area (Å²) < 4.78 is 0. The topological polar surface area (TPSA) is 20.3 Å². The fourth-order valence-corrected chi connectivity index (χ4v) is 2.27. The van der Waals surface area contributed by atoms with Gasteiger partial charge < -0.3 is 4.90 Å². The van der Waals surface area contributed by atoms with Crippen LogP contribution < -0.4 is 4.90 Å². The molecule has 2 nitrogen and oxygen atoms in total. The van der Waals surface area contributed by atoms with Crippen LogP contribution in [-0.2, 0) is 6.42 Å². The van der Waals surface area contributed by atoms with Crippen molar-refractivity contribution in [2.45, 2.75) is 20.3 Å². The number of Topliss-reactive ketones (excluding diaryl/α,β-unsaturated/α-hetero) is 1. The number of aryl methyl sites for hydroxylation is 1. The van der Waals surface area contributed by atoms with Crippen LogP contribution in [0.2, 0.25) is 0 Å². The van der Waals surface area contributed by atoms with Crippen LogP contribution in [0.1, 0.15) is 28.4 Å². The lowest BCUT2D eigenvalue weighted by molar-refractivity contribution is 0.103. The van der Waals surface area contributed by atoms with Crippen LogP contribution in [0.3, 0.4) is 0 Å². The number of hydrogen-bond acceptors (Lipinski definition) is 2. The zero-order chi connectivity index (χ0) is 11.9. The van der Waals surface area contributed by atoms with Gasteiger partial charge in [-0.2, -0.15) is 0 Å². The van der Waals surface area contributed by atoms with E-state index in [0.717, 1.165) is 28.7 Å². The van der Waals surface area contributed by atoms with Gasteiger partial charge in [-0.25, -0.2) is 0 Å². The van der Waals surface area contributed by atoms with Crippen molar-refractivity contribution in [2.24, 2.45) is 0 Å². The molecule has 0 radical (unpaired) electrons. The van der Waals surface area contributed by atoms with E-state index in [2.05, 4.69) is 17.9 Å². The highest BCUT2D eigenvalue weighted by atomic mass is 16.1. The summed E-state index contributed by atoms with van der Waals surface area (Å²) in [6, 6.07) is 4.16. The van der Waals surface area contributed by atoms with Gasteiger partial charge in [-0.3, -0.25) is 4.79 Å². The maximum absolute atomic E-state index is 12.0. The molecule has 2 heteroatoms. The smallest absolute Gasteiger partial charge is 0.189 e. The molecule has 1 aromatic carbocycles. The Labute approximate surface area is 96.6 Å². The van der Waals surface area contributed by atoms with E-state index in [0.29, 0.717) is 0 Å². The molecule has 0 unspecified atom stereocenters. The first-order valence-electron chi connectivity index (χ1n) is 5.55. The predicted octanol–water partition coefficient (Wildman–Crippen LogP) is 2.75. The summed E-state index contributed by atoms with van der Waals surface area (Å²) in [5.41, 5.74) is 5.33. The summed E-state index contributed by atoms with van der Waals surface area (Å²) >= 11 is 0. The molecule has 0 N–H and O–H groups in total. The second-order valence-electron chi connectivity index (χ2n) is 4.51. The van der Waals surface area contributed by atoms with Gasteiger partial charge in [0.2, 0.25) is 0 Å². The third kappa shape index (κ3) is 1.54. The first-order chi connectivity index (χ1) is 7.54. The number of allylic oxidation sites excluding steroid dienone is 2. The first kappa shape index (κ1) is 10.9. The van der Waals surface area contributed by atoms with E-state index >= 15 is 0 Å². The van der Waals surface area contributed by atoms with Crippen LogP contribution in [0.25, 0.3) is 0 Å². The second kappa shape index (κ2) is 3.78. The molecule has 0 aliphatic heterocycles. The number of hydrogen-bond donors (Lipinski definition) is 0. The largest absolute Gasteiger partial charge is 0.377 e. The Morgan fingerprint density at radius 2 is 2.00 bits per heavy atom. The van der Waals surface area contributed by atoms with Crippen molar-refractivity contribution in [3.8, 4) is 0 Å². The molecule has 0 aromatic heterocycles. The summed E-state index contributed by atoms with van der Waals surface area (Å²) in [5.74, 6) is 0.200. The summed E-state index contributed by atoms with van der Waals surface area (Å²) in [5, 5.41) is 0. The van der Waals surface area contributed by atoms with Crippen molar-refractivity contribution in [1.29, 1.82) is 0 Å². The van der Waals surface area contributed by atoms with Crippen molar-refractivity contribution in [3.63, 3.8) is 0 Å². The van der Waals surface area contributed by atoms with Crippen molar-refractivity contribution in [1.82, 2.24) is 0 Å². The highest BCUT2D eigenvalue weighted by Crippen LogP contribution is 2.31. The highest BCUT2D eigenvalue weighted by molar-refractivity contribution is 6.13. The Bertz CT molecular complexity index is 484. The molecule has 0 saturated carbocycles. The fourth-order valence-electron chi connectivity index (χ4n) is 2.27. The van der Waals surface area contributed by atoms with E-state index in [1.807, 2.05) is 33.2 Å². The number of rotatable bonds is 1. The molecular formula is C14H17NO. The minimum Gasteiger partial charge on any atom is -0.377 e. The van der Waals surface area contributed by atoms with Gasteiger partial charge in [-0.15, -0.1) is 0 Å². The SMILES string of the molecule is C/C=C1\Cc2cc(N(C)C)c(C)cc2C1=O. The number of carbonyl (C=O) groups excluding carboxylic acids is 1. The molecule has 0 saturated heterocycles. The molecule has 0 amide bonds. The summed E-state index contributed by atoms with van der Waals surface area (Å²) in [4.78, 5) is 14.1. The summed E-state index contributed by atoms with van der Waals surface area (Å²) in [6.45, 7) is 3.98. The molecule has 0 spiro atoms. The van der Waals surface area contributed by atoms with Gasteiger partial charge in [-0.1, -0.05) is 6.08 Å². The van der Waals surface area contributed by atoms with E-state index < -0.39 is 0 Å². The normalized spacial score (nSPS) is 16.8. The summed E-state index contributed by atoms with van der Waals surface area (Å²) in [6.07, 6.45) is 2.71. The standard InChI is InChI=1S/C14H17NO/c1-5-10-7-11-8-13(15(3)4)9(2)6-12(11)14(10)16/h5-6,8H,7H2,1-4H3/b10-5+. The van der Waals surface area contributed by atoms with Crippen molar-refractivity contribution < 1.29 is 4.79 Å². The van der Waals surface area contributed by atoms with Crippen molar-refractivity contribution in [3.05, 3.63) is 40.5 Å². The lowest BCUT2D eigenvalue weighted by Gasteiger charge is -2.16. The number of fused-ring (bicyclic) bond motifs is 1. The Balaban J connectivity index is 2.56. The van der Waals surface area contributed by atoms with Crippen LogP contribution in [0, 0.1) is 6.92 Å². The number of anilines is 1. The molecule has 0 atom stereocenters. The maximum Gasteiger partial charge on any atom is 0.189 e. The molecule has 16 heavy (non-hydrogen) atoms. The van der Waals surface area contributed by atoms with E-state index in [4.69, 9.17) is 0 Å². The average molecular weight is 215 g/mol. The van der Waals surface area contributed by atoms with E-state index in [9.17, 15) is 4.79 Å². The zero-order valence-corrected chi connectivity index (χ0v) is 10.3. The molecule has 1 aliphatic carbocycles. The van der Waals surface area contributed by atoms with Crippen molar-refractivity contribution in [2.75, 3.05) is 19.0 Å². The third-order valence-electron chi connectivity index (χ3n) is 3.17. The molecule has 2 rings (SSSR count). The number of nitrogens with zero attached hydrogens (tertiary/aromatic N) is 1. The van der Waals surface area contributed by atoms with E-state index in [-0.39, 0.29) is 5.78 Å². The number of benzene rings is 1. The molecule has 1 aromatic rings. The first-order valence-corrected chi connectivity index (χ1v) is 5.55. The Morgan fingerprint density at radius 1 is 1.31 bits per heavy atom. The van der Waals surface area contributed by atoms with Crippen molar-refractivity contribution >= 4 is 11.5 Å². The molecule has 0 fully saturated rings. The zero-order valence-electron chi connectivity index (χ0n) is 10.3. The van der Waals surface area contributed by atoms with Gasteiger partial charge in [0.15, 0.2) is 5.78 Å². The quantitative estimate of drug-likeness (QED) is 0.671. The van der Waals surface area contributed by atoms with Crippen LogP contribution in [0.5, 0.6) is 0 Å². The van der Waals surface area contributed by atoms with Gasteiger partial charge in [0.05, 0.1) is 0 Å².